The molecular formula is C20H21N3S. The largest absolute Gasteiger partial charge is 0.358 e. The minimum atomic E-state index is 0.211. The average Bonchev–Trinajstić information content (AvgIpc) is 3.00. The van der Waals surface area contributed by atoms with Crippen LogP contribution in [-0.2, 0) is 13.0 Å². The second kappa shape index (κ2) is 6.29. The number of nitrogens with one attached hydrogen (secondary N) is 2. The third-order valence-corrected chi connectivity index (χ3v) is 5.19. The Bertz CT molecular complexity index is 869. The second-order valence-electron chi connectivity index (χ2n) is 6.38. The van der Waals surface area contributed by atoms with Crippen LogP contribution < -0.4 is 5.32 Å². The maximum atomic E-state index is 5.68. The van der Waals surface area contributed by atoms with Crippen molar-refractivity contribution in [2.75, 3.05) is 6.54 Å². The van der Waals surface area contributed by atoms with Crippen LogP contribution in [0.2, 0.25) is 0 Å². The predicted octanol–water partition coefficient (Wildman–Crippen LogP) is 4.16. The van der Waals surface area contributed by atoms with Gasteiger partial charge in [0, 0.05) is 41.7 Å². The van der Waals surface area contributed by atoms with Crippen molar-refractivity contribution in [3.8, 4) is 0 Å². The highest BCUT2D eigenvalue weighted by Gasteiger charge is 2.22. The van der Waals surface area contributed by atoms with E-state index in [1.165, 1.54) is 27.7 Å². The summed E-state index contributed by atoms with van der Waals surface area (Å²) in [4.78, 5) is 5.83. The lowest BCUT2D eigenvalue weighted by Crippen LogP contribution is -2.43. The molecule has 0 aliphatic carbocycles. The Morgan fingerprint density at radius 3 is 2.71 bits per heavy atom. The fourth-order valence-corrected chi connectivity index (χ4v) is 3.77. The van der Waals surface area contributed by atoms with Gasteiger partial charge in [0.2, 0.25) is 0 Å². The van der Waals surface area contributed by atoms with Crippen LogP contribution in [0.5, 0.6) is 0 Å². The van der Waals surface area contributed by atoms with Gasteiger partial charge in [0.05, 0.1) is 6.04 Å². The summed E-state index contributed by atoms with van der Waals surface area (Å²) in [6, 6.07) is 19.2. The van der Waals surface area contributed by atoms with E-state index >= 15 is 0 Å². The van der Waals surface area contributed by atoms with Crippen molar-refractivity contribution in [1.29, 1.82) is 0 Å². The van der Waals surface area contributed by atoms with E-state index in [-0.39, 0.29) is 6.04 Å². The normalized spacial score (nSPS) is 15.1. The van der Waals surface area contributed by atoms with Crippen LogP contribution >= 0.6 is 12.2 Å². The predicted molar refractivity (Wildman–Crippen MR) is 103 cm³/mol. The second-order valence-corrected chi connectivity index (χ2v) is 6.77. The fourth-order valence-electron chi connectivity index (χ4n) is 3.44. The Balaban J connectivity index is 1.51. The third-order valence-electron chi connectivity index (χ3n) is 4.81. The number of hydrogen-bond acceptors (Lipinski definition) is 1. The molecular weight excluding hydrogens is 314 g/mol. The van der Waals surface area contributed by atoms with E-state index in [2.05, 4.69) is 70.7 Å². The third kappa shape index (κ3) is 2.78. The van der Waals surface area contributed by atoms with E-state index < -0.39 is 0 Å². The Morgan fingerprint density at radius 1 is 1.12 bits per heavy atom. The lowest BCUT2D eigenvalue weighted by atomic mass is 10.0. The number of rotatable bonds is 2. The van der Waals surface area contributed by atoms with Crippen LogP contribution in [0.25, 0.3) is 10.9 Å². The van der Waals surface area contributed by atoms with Gasteiger partial charge in [-0.1, -0.05) is 48.5 Å². The van der Waals surface area contributed by atoms with Crippen molar-refractivity contribution < 1.29 is 0 Å². The molecule has 0 saturated carbocycles. The van der Waals surface area contributed by atoms with Crippen LogP contribution in [0.15, 0.2) is 54.6 Å². The quantitative estimate of drug-likeness (QED) is 0.690. The number of nitrogens with zero attached hydrogens (tertiary/aromatic N) is 1. The zero-order chi connectivity index (χ0) is 16.5. The van der Waals surface area contributed by atoms with E-state index in [0.717, 1.165) is 24.6 Å². The van der Waals surface area contributed by atoms with Gasteiger partial charge in [-0.3, -0.25) is 0 Å². The molecule has 122 valence electrons. The van der Waals surface area contributed by atoms with E-state index in [1.807, 2.05) is 6.07 Å². The number of thiocarbonyl (C=S) groups is 1. The average molecular weight is 335 g/mol. The molecule has 2 N–H and O–H groups in total. The zero-order valence-electron chi connectivity index (χ0n) is 13.8. The molecule has 1 aliphatic heterocycles. The van der Waals surface area contributed by atoms with E-state index in [4.69, 9.17) is 12.2 Å². The monoisotopic (exact) mass is 335 g/mol. The molecule has 24 heavy (non-hydrogen) atoms. The molecule has 0 amide bonds. The summed E-state index contributed by atoms with van der Waals surface area (Å²) in [7, 11) is 0. The molecule has 2 aromatic carbocycles. The van der Waals surface area contributed by atoms with Crippen molar-refractivity contribution in [2.24, 2.45) is 0 Å². The number of benzene rings is 2. The number of fused-ring (bicyclic) bond motifs is 3. The van der Waals surface area contributed by atoms with Gasteiger partial charge in [0.15, 0.2) is 5.11 Å². The van der Waals surface area contributed by atoms with Gasteiger partial charge in [-0.15, -0.1) is 0 Å². The smallest absolute Gasteiger partial charge is 0.169 e. The first kappa shape index (κ1) is 15.2. The van der Waals surface area contributed by atoms with E-state index in [9.17, 15) is 0 Å². The summed E-state index contributed by atoms with van der Waals surface area (Å²) < 4.78 is 0. The summed E-state index contributed by atoms with van der Waals surface area (Å²) in [6.07, 6.45) is 1.01. The van der Waals surface area contributed by atoms with Crippen molar-refractivity contribution >= 4 is 28.2 Å². The molecule has 4 heteroatoms. The summed E-state index contributed by atoms with van der Waals surface area (Å²) in [5, 5.41) is 5.64. The maximum Gasteiger partial charge on any atom is 0.169 e. The minimum absolute atomic E-state index is 0.211. The Hall–Kier alpha value is -2.33. The molecule has 0 unspecified atom stereocenters. The van der Waals surface area contributed by atoms with E-state index in [1.54, 1.807) is 0 Å². The molecule has 0 radical (unpaired) electrons. The first-order chi connectivity index (χ1) is 11.7. The van der Waals surface area contributed by atoms with Gasteiger partial charge < -0.3 is 15.2 Å². The van der Waals surface area contributed by atoms with Crippen LogP contribution in [0, 0.1) is 0 Å². The first-order valence-electron chi connectivity index (χ1n) is 8.41. The summed E-state index contributed by atoms with van der Waals surface area (Å²) >= 11 is 5.68. The Kier molecular flexibility index (Phi) is 3.98. The zero-order valence-corrected chi connectivity index (χ0v) is 14.6. The molecule has 4 rings (SSSR count). The van der Waals surface area contributed by atoms with Gasteiger partial charge in [-0.25, -0.2) is 0 Å². The molecule has 1 aromatic heterocycles. The molecule has 1 atom stereocenters. The highest BCUT2D eigenvalue weighted by Crippen LogP contribution is 2.27. The van der Waals surface area contributed by atoms with E-state index in [0.29, 0.717) is 0 Å². The highest BCUT2D eigenvalue weighted by atomic mass is 32.1. The number of aromatic amines is 1. The van der Waals surface area contributed by atoms with Crippen molar-refractivity contribution in [2.45, 2.75) is 25.9 Å². The fraction of sp³-hybridized carbons (Fsp3) is 0.250. The van der Waals surface area contributed by atoms with Crippen molar-refractivity contribution in [3.63, 3.8) is 0 Å². The molecule has 2 heterocycles. The van der Waals surface area contributed by atoms with Gasteiger partial charge in [0.25, 0.3) is 0 Å². The highest BCUT2D eigenvalue weighted by molar-refractivity contribution is 7.80. The summed E-state index contributed by atoms with van der Waals surface area (Å²) in [5.41, 5.74) is 5.21. The Labute approximate surface area is 147 Å². The van der Waals surface area contributed by atoms with Crippen molar-refractivity contribution in [1.82, 2.24) is 15.2 Å². The number of para-hydroxylation sites is 1. The van der Waals surface area contributed by atoms with Crippen LogP contribution in [0.1, 0.15) is 29.8 Å². The maximum absolute atomic E-state index is 5.68. The van der Waals surface area contributed by atoms with Gasteiger partial charge >= 0.3 is 0 Å². The molecule has 0 bridgehead atoms. The molecule has 0 spiro atoms. The van der Waals surface area contributed by atoms with Crippen LogP contribution in [0.3, 0.4) is 0 Å². The minimum Gasteiger partial charge on any atom is -0.358 e. The molecule has 0 saturated heterocycles. The molecule has 3 nitrogen and oxygen atoms in total. The first-order valence-corrected chi connectivity index (χ1v) is 8.82. The number of aromatic nitrogens is 1. The van der Waals surface area contributed by atoms with Gasteiger partial charge in [0.1, 0.15) is 0 Å². The van der Waals surface area contributed by atoms with Crippen LogP contribution in [0.4, 0.5) is 0 Å². The molecule has 1 aliphatic rings. The Morgan fingerprint density at radius 2 is 1.88 bits per heavy atom. The topological polar surface area (TPSA) is 31.1 Å². The van der Waals surface area contributed by atoms with Crippen molar-refractivity contribution in [3.05, 3.63) is 71.4 Å². The number of hydrogen-bond donors (Lipinski definition) is 2. The SMILES string of the molecule is C[C@H](NC(=S)N1CCc2[nH]c3ccccc3c2C1)c1ccccc1. The lowest BCUT2D eigenvalue weighted by molar-refractivity contribution is 0.382. The summed E-state index contributed by atoms with van der Waals surface area (Å²) in [6.45, 7) is 3.97. The van der Waals surface area contributed by atoms with Crippen LogP contribution in [-0.4, -0.2) is 21.5 Å². The molecule has 0 fully saturated rings. The summed E-state index contributed by atoms with van der Waals surface area (Å²) in [5.74, 6) is 0. The molecule has 3 aromatic rings. The van der Waals surface area contributed by atoms with Gasteiger partial charge in [-0.2, -0.15) is 0 Å². The number of H-pyrrole nitrogens is 1. The standard InChI is InChI=1S/C20H21N3S/c1-14(15-7-3-2-4-8-15)21-20(24)23-12-11-19-17(13-23)16-9-5-6-10-18(16)22-19/h2-10,14,22H,11-13H2,1H3,(H,21,24)/t14-/m0/s1. The lowest BCUT2D eigenvalue weighted by Gasteiger charge is -2.31. The van der Waals surface area contributed by atoms with Gasteiger partial charge in [-0.05, 0) is 30.8 Å².